The van der Waals surface area contributed by atoms with Crippen molar-refractivity contribution in [2.45, 2.75) is 44.2 Å². The highest BCUT2D eigenvalue weighted by molar-refractivity contribution is 7.15. The van der Waals surface area contributed by atoms with Crippen molar-refractivity contribution in [1.29, 1.82) is 0 Å². The van der Waals surface area contributed by atoms with E-state index in [1.165, 1.54) is 11.3 Å². The Morgan fingerprint density at radius 2 is 1.97 bits per heavy atom. The van der Waals surface area contributed by atoms with Gasteiger partial charge >= 0.3 is 0 Å². The maximum absolute atomic E-state index is 12.8. The topological polar surface area (TPSA) is 84.7 Å². The minimum absolute atomic E-state index is 0.0483. The third-order valence-electron chi connectivity index (χ3n) is 5.96. The van der Waals surface area contributed by atoms with Crippen LogP contribution in [-0.4, -0.2) is 38.9 Å². The summed E-state index contributed by atoms with van der Waals surface area (Å²) >= 11 is 7.51. The molecule has 3 aromatic rings. The fourth-order valence-corrected chi connectivity index (χ4v) is 5.59. The van der Waals surface area contributed by atoms with E-state index >= 15 is 0 Å². The van der Waals surface area contributed by atoms with Gasteiger partial charge in [0.1, 0.15) is 11.4 Å². The van der Waals surface area contributed by atoms with Crippen LogP contribution in [0.5, 0.6) is 5.75 Å². The van der Waals surface area contributed by atoms with Crippen molar-refractivity contribution in [1.82, 2.24) is 20.0 Å². The first-order valence-electron chi connectivity index (χ1n) is 9.73. The molecule has 2 heterocycles. The normalized spacial score (nSPS) is 24.1. The minimum Gasteiger partial charge on any atom is -0.484 e. The second-order valence-corrected chi connectivity index (χ2v) is 9.67. The number of aromatic nitrogens is 2. The van der Waals surface area contributed by atoms with Gasteiger partial charge in [-0.3, -0.25) is 14.0 Å². The third-order valence-corrected chi connectivity index (χ3v) is 7.15. The van der Waals surface area contributed by atoms with Crippen LogP contribution < -0.4 is 15.4 Å². The highest BCUT2D eigenvalue weighted by atomic mass is 35.5. The molecule has 2 N–H and O–H groups in total. The molecule has 0 spiro atoms. The fraction of sp³-hybridized carbons (Fsp3) is 0.381. The Bertz CT molecular complexity index is 1160. The van der Waals surface area contributed by atoms with E-state index in [4.69, 9.17) is 16.3 Å². The van der Waals surface area contributed by atoms with E-state index in [2.05, 4.69) is 15.6 Å². The molecule has 1 aromatic carbocycles. The van der Waals surface area contributed by atoms with Gasteiger partial charge < -0.3 is 15.4 Å². The van der Waals surface area contributed by atoms with Crippen LogP contribution in [0.25, 0.3) is 4.96 Å². The number of nitrogens with one attached hydrogen (secondary N) is 2. The first kappa shape index (κ1) is 19.4. The lowest BCUT2D eigenvalue weighted by molar-refractivity contribution is -0.141. The summed E-state index contributed by atoms with van der Waals surface area (Å²) in [5.74, 6) is 0.345. The zero-order valence-electron chi connectivity index (χ0n) is 16.6. The number of nitrogens with zero attached hydrogens (tertiary/aromatic N) is 2. The van der Waals surface area contributed by atoms with Gasteiger partial charge in [0.2, 0.25) is 0 Å². The minimum atomic E-state index is -0.231. The number of carbonyl (C=O) groups is 2. The highest BCUT2D eigenvalue weighted by Gasteiger charge is 2.69. The molecule has 30 heavy (non-hydrogen) atoms. The quantitative estimate of drug-likeness (QED) is 0.611. The number of hydrogen-bond donors (Lipinski definition) is 2. The van der Waals surface area contributed by atoms with Gasteiger partial charge in [-0.15, -0.1) is 11.3 Å². The summed E-state index contributed by atoms with van der Waals surface area (Å²) in [4.78, 5) is 30.4. The number of amides is 2. The maximum Gasteiger partial charge on any atom is 0.270 e. The summed E-state index contributed by atoms with van der Waals surface area (Å²) < 4.78 is 7.40. The van der Waals surface area contributed by atoms with Crippen LogP contribution >= 0.6 is 22.9 Å². The number of rotatable bonds is 6. The van der Waals surface area contributed by atoms with E-state index in [0.29, 0.717) is 16.5 Å². The molecule has 6 rings (SSSR count). The molecule has 0 radical (unpaired) electrons. The zero-order chi connectivity index (χ0) is 21.1. The Morgan fingerprint density at radius 1 is 1.23 bits per heavy atom. The third kappa shape index (κ3) is 3.15. The van der Waals surface area contributed by atoms with Gasteiger partial charge in [-0.25, -0.2) is 4.98 Å². The highest BCUT2D eigenvalue weighted by Crippen LogP contribution is 2.60. The number of imidazole rings is 1. The van der Waals surface area contributed by atoms with E-state index in [-0.39, 0.29) is 29.5 Å². The summed E-state index contributed by atoms with van der Waals surface area (Å²) in [7, 11) is 0. The van der Waals surface area contributed by atoms with Crippen molar-refractivity contribution in [2.75, 3.05) is 6.61 Å². The van der Waals surface area contributed by atoms with Gasteiger partial charge in [0.05, 0.1) is 5.69 Å². The number of ether oxygens (including phenoxy) is 1. The van der Waals surface area contributed by atoms with E-state index < -0.39 is 0 Å². The monoisotopic (exact) mass is 444 g/mol. The molecule has 0 aliphatic heterocycles. The first-order valence-corrected chi connectivity index (χ1v) is 11.0. The number of aryl methyl sites for hydroxylation is 2. The smallest absolute Gasteiger partial charge is 0.270 e. The molecule has 0 unspecified atom stereocenters. The molecule has 9 heteroatoms. The van der Waals surface area contributed by atoms with Gasteiger partial charge in [0.25, 0.3) is 11.8 Å². The Balaban J connectivity index is 1.14. The van der Waals surface area contributed by atoms with Crippen LogP contribution in [0.3, 0.4) is 0 Å². The molecule has 3 aliphatic carbocycles. The second-order valence-electron chi connectivity index (χ2n) is 8.39. The van der Waals surface area contributed by atoms with Crippen LogP contribution in [0.15, 0.2) is 29.8 Å². The summed E-state index contributed by atoms with van der Waals surface area (Å²) in [5, 5.41) is 8.81. The van der Waals surface area contributed by atoms with E-state index in [9.17, 15) is 9.59 Å². The van der Waals surface area contributed by atoms with Gasteiger partial charge in [-0.05, 0) is 56.9 Å². The summed E-state index contributed by atoms with van der Waals surface area (Å²) in [6.07, 6.45) is 4.08. The lowest BCUT2D eigenvalue weighted by Crippen LogP contribution is -2.84. The predicted molar refractivity (Wildman–Crippen MR) is 114 cm³/mol. The van der Waals surface area contributed by atoms with Gasteiger partial charge in [0.15, 0.2) is 11.6 Å². The molecule has 7 nitrogen and oxygen atoms in total. The van der Waals surface area contributed by atoms with Crippen molar-refractivity contribution in [2.24, 2.45) is 0 Å². The Morgan fingerprint density at radius 3 is 2.70 bits per heavy atom. The molecule has 3 saturated carbocycles. The van der Waals surface area contributed by atoms with Crippen molar-refractivity contribution < 1.29 is 14.3 Å². The number of thiazole rings is 1. The van der Waals surface area contributed by atoms with Crippen LogP contribution in [0.4, 0.5) is 0 Å². The number of halogens is 1. The van der Waals surface area contributed by atoms with Crippen LogP contribution in [0.2, 0.25) is 5.02 Å². The molecule has 3 aliphatic rings. The standard InChI is InChI=1S/C21H21ClN4O3S/c1-12-7-14(3-4-15(12)22)29-8-16(27)24-20-9-21(10-20,11-20)25-18(28)17-13(2)23-19-26(17)5-6-30-19/h3-7H,8-11H2,1-2H3,(H,24,27)(H,25,28). The molecule has 0 atom stereocenters. The maximum atomic E-state index is 12.8. The SMILES string of the molecule is Cc1cc(OCC(=O)NC23CC(NC(=O)c4c(C)nc5sccn45)(C2)C3)ccc1Cl. The molecular weight excluding hydrogens is 424 g/mol. The average Bonchev–Trinajstić information content (AvgIpc) is 3.19. The van der Waals surface area contributed by atoms with Crippen LogP contribution in [-0.2, 0) is 4.79 Å². The Kier molecular flexibility index (Phi) is 4.34. The van der Waals surface area contributed by atoms with Crippen molar-refractivity contribution >= 4 is 39.7 Å². The van der Waals surface area contributed by atoms with Crippen molar-refractivity contribution in [3.63, 3.8) is 0 Å². The molecule has 2 bridgehead atoms. The largest absolute Gasteiger partial charge is 0.484 e. The lowest BCUT2D eigenvalue weighted by atomic mass is 9.44. The number of benzene rings is 1. The molecule has 0 saturated heterocycles. The first-order chi connectivity index (χ1) is 14.3. The lowest BCUT2D eigenvalue weighted by Gasteiger charge is -2.70. The average molecular weight is 445 g/mol. The molecule has 2 amide bonds. The fourth-order valence-electron chi connectivity index (χ4n) is 4.71. The predicted octanol–water partition coefficient (Wildman–Crippen LogP) is 3.27. The van der Waals surface area contributed by atoms with Gasteiger partial charge in [-0.2, -0.15) is 0 Å². The van der Waals surface area contributed by atoms with Crippen LogP contribution in [0, 0.1) is 13.8 Å². The summed E-state index contributed by atoms with van der Waals surface area (Å²) in [6, 6.07) is 5.31. The van der Waals surface area contributed by atoms with Gasteiger partial charge in [-0.1, -0.05) is 11.6 Å². The van der Waals surface area contributed by atoms with Crippen molar-refractivity contribution in [3.05, 3.63) is 51.7 Å². The van der Waals surface area contributed by atoms with Crippen molar-refractivity contribution in [3.8, 4) is 5.75 Å². The zero-order valence-corrected chi connectivity index (χ0v) is 18.2. The summed E-state index contributed by atoms with van der Waals surface area (Å²) in [6.45, 7) is 3.69. The van der Waals surface area contributed by atoms with Crippen LogP contribution in [0.1, 0.15) is 41.0 Å². The molecule has 3 fully saturated rings. The number of fused-ring (bicyclic) bond motifs is 1. The number of carbonyl (C=O) groups excluding carboxylic acids is 2. The van der Waals surface area contributed by atoms with Gasteiger partial charge in [0, 0.05) is 27.7 Å². The molecular formula is C21H21ClN4O3S. The Labute approximate surface area is 182 Å². The van der Waals surface area contributed by atoms with E-state index in [1.54, 1.807) is 12.1 Å². The second kappa shape index (κ2) is 6.72. The molecule has 156 valence electrons. The Hall–Kier alpha value is -2.58. The van der Waals surface area contributed by atoms with E-state index in [1.807, 2.05) is 35.9 Å². The summed E-state index contributed by atoms with van der Waals surface area (Å²) in [5.41, 5.74) is 1.75. The number of hydrogen-bond acceptors (Lipinski definition) is 5. The van der Waals surface area contributed by atoms with E-state index in [0.717, 1.165) is 35.5 Å². The molecule has 2 aromatic heterocycles.